The first kappa shape index (κ1) is 14.5. The summed E-state index contributed by atoms with van der Waals surface area (Å²) in [4.78, 5) is 11.3. The summed E-state index contributed by atoms with van der Waals surface area (Å²) in [5.74, 6) is -0.673. The van der Waals surface area contributed by atoms with Gasteiger partial charge in [-0.15, -0.1) is 0 Å². The van der Waals surface area contributed by atoms with Crippen LogP contribution in [0.15, 0.2) is 18.2 Å². The van der Waals surface area contributed by atoms with Crippen LogP contribution in [0.5, 0.6) is 0 Å². The molecule has 1 atom stereocenters. The zero-order valence-electron chi connectivity index (χ0n) is 11.1. The third-order valence-electron chi connectivity index (χ3n) is 2.81. The Bertz CT molecular complexity index is 407. The molecule has 100 valence electrons. The number of nitrogens with one attached hydrogen (secondary N) is 1. The predicted molar refractivity (Wildman–Crippen MR) is 70.3 cm³/mol. The standard InChI is InChI=1S/C14H20FNO2/c1-4-5-10(2)9-16-11-6-7-13(15)12(8-11)14(17)18-3/h6-8,10,16H,4-5,9H2,1-3H3. The van der Waals surface area contributed by atoms with E-state index in [4.69, 9.17) is 0 Å². The first-order valence-electron chi connectivity index (χ1n) is 6.20. The maximum Gasteiger partial charge on any atom is 0.340 e. The first-order chi connectivity index (χ1) is 8.58. The topological polar surface area (TPSA) is 38.3 Å². The lowest BCUT2D eigenvalue weighted by Gasteiger charge is -2.13. The van der Waals surface area contributed by atoms with Crippen molar-refractivity contribution >= 4 is 11.7 Å². The van der Waals surface area contributed by atoms with E-state index in [1.165, 1.54) is 19.2 Å². The molecule has 1 N–H and O–H groups in total. The molecular formula is C14H20FNO2. The van der Waals surface area contributed by atoms with E-state index in [0.29, 0.717) is 5.92 Å². The van der Waals surface area contributed by atoms with Gasteiger partial charge in [0.2, 0.25) is 0 Å². The Morgan fingerprint density at radius 1 is 1.50 bits per heavy atom. The van der Waals surface area contributed by atoms with E-state index in [1.807, 2.05) is 0 Å². The molecule has 1 unspecified atom stereocenters. The number of hydrogen-bond donors (Lipinski definition) is 1. The summed E-state index contributed by atoms with van der Waals surface area (Å²) < 4.78 is 17.9. The van der Waals surface area contributed by atoms with Gasteiger partial charge < -0.3 is 10.1 Å². The maximum absolute atomic E-state index is 13.4. The van der Waals surface area contributed by atoms with Gasteiger partial charge in [0.1, 0.15) is 5.82 Å². The van der Waals surface area contributed by atoms with Gasteiger partial charge in [0.05, 0.1) is 12.7 Å². The lowest BCUT2D eigenvalue weighted by molar-refractivity contribution is 0.0595. The van der Waals surface area contributed by atoms with E-state index in [9.17, 15) is 9.18 Å². The van der Waals surface area contributed by atoms with Crippen molar-refractivity contribution in [3.63, 3.8) is 0 Å². The molecule has 0 spiro atoms. The van der Waals surface area contributed by atoms with E-state index in [-0.39, 0.29) is 5.56 Å². The van der Waals surface area contributed by atoms with Crippen molar-refractivity contribution in [1.82, 2.24) is 0 Å². The molecule has 1 rings (SSSR count). The second-order valence-electron chi connectivity index (χ2n) is 4.46. The summed E-state index contributed by atoms with van der Waals surface area (Å²) >= 11 is 0. The molecule has 0 fully saturated rings. The molecule has 0 saturated heterocycles. The molecule has 18 heavy (non-hydrogen) atoms. The van der Waals surface area contributed by atoms with Gasteiger partial charge in [-0.25, -0.2) is 9.18 Å². The van der Waals surface area contributed by atoms with Crippen LogP contribution in [0.25, 0.3) is 0 Å². The SMILES string of the molecule is CCCC(C)CNc1ccc(F)c(C(=O)OC)c1. The number of esters is 1. The summed E-state index contributed by atoms with van der Waals surface area (Å²) in [7, 11) is 1.24. The number of ether oxygens (including phenoxy) is 1. The summed E-state index contributed by atoms with van der Waals surface area (Å²) in [6.07, 6.45) is 2.28. The Hall–Kier alpha value is -1.58. The van der Waals surface area contributed by atoms with Crippen LogP contribution in [0.3, 0.4) is 0 Å². The van der Waals surface area contributed by atoms with Gasteiger partial charge >= 0.3 is 5.97 Å². The highest BCUT2D eigenvalue weighted by atomic mass is 19.1. The Balaban J connectivity index is 2.70. The summed E-state index contributed by atoms with van der Waals surface area (Å²) in [5, 5.41) is 3.20. The van der Waals surface area contributed by atoms with Crippen LogP contribution >= 0.6 is 0 Å². The molecule has 1 aromatic rings. The van der Waals surface area contributed by atoms with Crippen LogP contribution in [0, 0.1) is 11.7 Å². The van der Waals surface area contributed by atoms with Gasteiger partial charge in [-0.3, -0.25) is 0 Å². The molecule has 3 nitrogen and oxygen atoms in total. The second-order valence-corrected chi connectivity index (χ2v) is 4.46. The average molecular weight is 253 g/mol. The van der Waals surface area contributed by atoms with Crippen molar-refractivity contribution in [2.45, 2.75) is 26.7 Å². The van der Waals surface area contributed by atoms with Crippen molar-refractivity contribution in [2.24, 2.45) is 5.92 Å². The van der Waals surface area contributed by atoms with E-state index in [0.717, 1.165) is 25.1 Å². The lowest BCUT2D eigenvalue weighted by Crippen LogP contribution is -2.12. The van der Waals surface area contributed by atoms with Crippen LogP contribution in [-0.4, -0.2) is 19.6 Å². The quantitative estimate of drug-likeness (QED) is 0.789. The minimum atomic E-state index is -0.655. The average Bonchev–Trinajstić information content (AvgIpc) is 2.37. The lowest BCUT2D eigenvalue weighted by atomic mass is 10.1. The predicted octanol–water partition coefficient (Wildman–Crippen LogP) is 3.46. The molecule has 0 bridgehead atoms. The van der Waals surface area contributed by atoms with Gasteiger partial charge in [0.25, 0.3) is 0 Å². The third kappa shape index (κ3) is 4.02. The molecule has 0 aliphatic carbocycles. The number of halogens is 1. The zero-order chi connectivity index (χ0) is 13.5. The Labute approximate surface area is 107 Å². The number of carbonyl (C=O) groups is 1. The second kappa shape index (κ2) is 6.99. The van der Waals surface area contributed by atoms with Crippen molar-refractivity contribution in [1.29, 1.82) is 0 Å². The third-order valence-corrected chi connectivity index (χ3v) is 2.81. The van der Waals surface area contributed by atoms with Crippen molar-refractivity contribution < 1.29 is 13.9 Å². The highest BCUT2D eigenvalue weighted by Crippen LogP contribution is 2.16. The minimum Gasteiger partial charge on any atom is -0.465 e. The monoisotopic (exact) mass is 253 g/mol. The van der Waals surface area contributed by atoms with E-state index in [2.05, 4.69) is 23.9 Å². The van der Waals surface area contributed by atoms with E-state index >= 15 is 0 Å². The first-order valence-corrected chi connectivity index (χ1v) is 6.20. The summed E-state index contributed by atoms with van der Waals surface area (Å²) in [6.45, 7) is 5.10. The van der Waals surface area contributed by atoms with Crippen LogP contribution in [0.1, 0.15) is 37.0 Å². The number of rotatable bonds is 6. The number of benzene rings is 1. The summed E-state index contributed by atoms with van der Waals surface area (Å²) in [5.41, 5.74) is 0.699. The highest BCUT2D eigenvalue weighted by Gasteiger charge is 2.12. The molecule has 1 aromatic carbocycles. The fraction of sp³-hybridized carbons (Fsp3) is 0.500. The number of anilines is 1. The minimum absolute atomic E-state index is 0.0364. The van der Waals surface area contributed by atoms with Gasteiger partial charge in [-0.05, 0) is 30.5 Å². The maximum atomic E-state index is 13.4. The number of hydrogen-bond acceptors (Lipinski definition) is 3. The van der Waals surface area contributed by atoms with Crippen LogP contribution in [0.2, 0.25) is 0 Å². The van der Waals surface area contributed by atoms with E-state index in [1.54, 1.807) is 6.07 Å². The van der Waals surface area contributed by atoms with Crippen LogP contribution in [0.4, 0.5) is 10.1 Å². The summed E-state index contributed by atoms with van der Waals surface area (Å²) in [6, 6.07) is 4.39. The largest absolute Gasteiger partial charge is 0.465 e. The van der Waals surface area contributed by atoms with Gasteiger partial charge in [0, 0.05) is 12.2 Å². The Kier molecular flexibility index (Phi) is 5.62. The molecule has 0 aliphatic rings. The van der Waals surface area contributed by atoms with Crippen molar-refractivity contribution in [3.05, 3.63) is 29.6 Å². The van der Waals surface area contributed by atoms with Gasteiger partial charge in [0.15, 0.2) is 0 Å². The van der Waals surface area contributed by atoms with Gasteiger partial charge in [-0.2, -0.15) is 0 Å². The number of carbonyl (C=O) groups excluding carboxylic acids is 1. The van der Waals surface area contributed by atoms with E-state index < -0.39 is 11.8 Å². The fourth-order valence-corrected chi connectivity index (χ4v) is 1.79. The fourth-order valence-electron chi connectivity index (χ4n) is 1.79. The van der Waals surface area contributed by atoms with Crippen LogP contribution < -0.4 is 5.32 Å². The molecule has 0 saturated carbocycles. The van der Waals surface area contributed by atoms with Crippen molar-refractivity contribution in [3.8, 4) is 0 Å². The molecule has 0 amide bonds. The number of methoxy groups -OCH3 is 1. The van der Waals surface area contributed by atoms with Crippen molar-refractivity contribution in [2.75, 3.05) is 19.0 Å². The smallest absolute Gasteiger partial charge is 0.340 e. The van der Waals surface area contributed by atoms with Crippen LogP contribution in [-0.2, 0) is 4.74 Å². The molecule has 4 heteroatoms. The Morgan fingerprint density at radius 3 is 2.83 bits per heavy atom. The van der Waals surface area contributed by atoms with Gasteiger partial charge in [-0.1, -0.05) is 20.3 Å². The molecule has 0 aromatic heterocycles. The normalized spacial score (nSPS) is 12.0. The molecular weight excluding hydrogens is 233 g/mol. The molecule has 0 heterocycles. The molecule has 0 radical (unpaired) electrons. The Morgan fingerprint density at radius 2 is 2.22 bits per heavy atom. The zero-order valence-corrected chi connectivity index (χ0v) is 11.1. The highest BCUT2D eigenvalue weighted by molar-refractivity contribution is 5.90. The molecule has 0 aliphatic heterocycles.